The van der Waals surface area contributed by atoms with Crippen LogP contribution in [0.25, 0.3) is 10.2 Å². The minimum Gasteiger partial charge on any atom is -0.383 e. The third kappa shape index (κ3) is 2.25. The van der Waals surface area contributed by atoms with Crippen molar-refractivity contribution in [1.29, 1.82) is 0 Å². The van der Waals surface area contributed by atoms with E-state index in [1.165, 1.54) is 22.1 Å². The van der Waals surface area contributed by atoms with Gasteiger partial charge in [0.05, 0.1) is 16.4 Å². The number of aromatic nitrogens is 4. The SMILES string of the molecule is Nc1nc(Cn2cc(Br)c(=O)[nH]c2=O)nc2sccc12. The summed E-state index contributed by atoms with van der Waals surface area (Å²) in [6.45, 7) is 0.131. The summed E-state index contributed by atoms with van der Waals surface area (Å²) in [4.78, 5) is 34.4. The number of nitrogens with zero attached hydrogens (tertiary/aromatic N) is 3. The van der Waals surface area contributed by atoms with Crippen LogP contribution in [0.5, 0.6) is 0 Å². The largest absolute Gasteiger partial charge is 0.383 e. The first kappa shape index (κ1) is 13.0. The maximum Gasteiger partial charge on any atom is 0.328 e. The van der Waals surface area contributed by atoms with Crippen molar-refractivity contribution in [2.45, 2.75) is 6.54 Å². The molecule has 0 bridgehead atoms. The lowest BCUT2D eigenvalue weighted by Crippen LogP contribution is -2.30. The maximum absolute atomic E-state index is 11.7. The quantitative estimate of drug-likeness (QED) is 0.712. The molecule has 0 spiro atoms. The molecule has 102 valence electrons. The van der Waals surface area contributed by atoms with Crippen molar-refractivity contribution in [3.05, 3.63) is 48.8 Å². The minimum atomic E-state index is -0.522. The zero-order valence-electron chi connectivity index (χ0n) is 9.96. The number of nitrogen functional groups attached to an aromatic ring is 1. The van der Waals surface area contributed by atoms with Gasteiger partial charge in [0, 0.05) is 6.20 Å². The Morgan fingerprint density at radius 1 is 1.40 bits per heavy atom. The highest BCUT2D eigenvalue weighted by Gasteiger charge is 2.09. The summed E-state index contributed by atoms with van der Waals surface area (Å²) in [6.07, 6.45) is 1.40. The Hall–Kier alpha value is -2.00. The van der Waals surface area contributed by atoms with Crippen LogP contribution in [0.2, 0.25) is 0 Å². The summed E-state index contributed by atoms with van der Waals surface area (Å²) >= 11 is 4.53. The standard InChI is InChI=1S/C11H8BrN5O2S/c12-6-3-17(11(19)16-9(6)18)4-7-14-8(13)5-1-2-20-10(5)15-7/h1-3H,4H2,(H2,13,14,15)(H,16,18,19). The molecule has 0 atom stereocenters. The molecule has 0 saturated heterocycles. The Labute approximate surface area is 124 Å². The molecule has 0 radical (unpaired) electrons. The van der Waals surface area contributed by atoms with E-state index in [-0.39, 0.29) is 11.0 Å². The predicted octanol–water partition coefficient (Wildman–Crippen LogP) is 0.934. The maximum atomic E-state index is 11.7. The van der Waals surface area contributed by atoms with Crippen molar-refractivity contribution in [3.8, 4) is 0 Å². The van der Waals surface area contributed by atoms with Gasteiger partial charge in [-0.05, 0) is 27.4 Å². The van der Waals surface area contributed by atoms with E-state index in [1.807, 2.05) is 11.4 Å². The topological polar surface area (TPSA) is 107 Å². The van der Waals surface area contributed by atoms with Crippen molar-refractivity contribution >= 4 is 43.3 Å². The van der Waals surface area contributed by atoms with E-state index in [2.05, 4.69) is 30.9 Å². The van der Waals surface area contributed by atoms with Gasteiger partial charge in [-0.15, -0.1) is 11.3 Å². The molecule has 0 saturated carbocycles. The molecule has 0 unspecified atom stereocenters. The number of thiophene rings is 1. The normalized spacial score (nSPS) is 11.1. The number of nitrogens with one attached hydrogen (secondary N) is 1. The first-order chi connectivity index (χ1) is 9.54. The van der Waals surface area contributed by atoms with Crippen LogP contribution in [0.3, 0.4) is 0 Å². The molecule has 7 nitrogen and oxygen atoms in total. The third-order valence-electron chi connectivity index (χ3n) is 2.68. The van der Waals surface area contributed by atoms with Gasteiger partial charge in [0.15, 0.2) is 5.82 Å². The fourth-order valence-electron chi connectivity index (χ4n) is 1.75. The van der Waals surface area contributed by atoms with Gasteiger partial charge in [-0.1, -0.05) is 0 Å². The van der Waals surface area contributed by atoms with Crippen LogP contribution in [0, 0.1) is 0 Å². The summed E-state index contributed by atoms with van der Waals surface area (Å²) in [5.41, 5.74) is 4.85. The molecule has 3 aromatic heterocycles. The van der Waals surface area contributed by atoms with Crippen molar-refractivity contribution < 1.29 is 0 Å². The summed E-state index contributed by atoms with van der Waals surface area (Å²) in [5, 5.41) is 2.68. The number of nitrogens with two attached hydrogens (primary N) is 1. The summed E-state index contributed by atoms with van der Waals surface area (Å²) < 4.78 is 1.57. The van der Waals surface area contributed by atoms with E-state index >= 15 is 0 Å². The van der Waals surface area contributed by atoms with E-state index in [0.29, 0.717) is 11.6 Å². The number of fused-ring (bicyclic) bond motifs is 1. The lowest BCUT2D eigenvalue weighted by Gasteiger charge is -2.05. The van der Waals surface area contributed by atoms with Crippen molar-refractivity contribution in [2.24, 2.45) is 0 Å². The second-order valence-electron chi connectivity index (χ2n) is 4.03. The van der Waals surface area contributed by atoms with Gasteiger partial charge in [0.25, 0.3) is 5.56 Å². The number of H-pyrrole nitrogens is 1. The van der Waals surface area contributed by atoms with E-state index in [1.54, 1.807) is 0 Å². The van der Waals surface area contributed by atoms with Crippen LogP contribution < -0.4 is 17.0 Å². The number of hydrogen-bond acceptors (Lipinski definition) is 6. The Kier molecular flexibility index (Phi) is 3.14. The van der Waals surface area contributed by atoms with E-state index < -0.39 is 11.2 Å². The van der Waals surface area contributed by atoms with Crippen molar-refractivity contribution in [2.75, 3.05) is 5.73 Å². The van der Waals surface area contributed by atoms with Crippen LogP contribution in [0.15, 0.2) is 31.7 Å². The molecule has 0 aliphatic rings. The van der Waals surface area contributed by atoms with Gasteiger partial charge >= 0.3 is 5.69 Å². The lowest BCUT2D eigenvalue weighted by molar-refractivity contribution is 0.686. The Morgan fingerprint density at radius 2 is 2.20 bits per heavy atom. The summed E-state index contributed by atoms with van der Waals surface area (Å²) in [5.74, 6) is 0.793. The van der Waals surface area contributed by atoms with Gasteiger partial charge in [0.1, 0.15) is 10.6 Å². The predicted molar refractivity (Wildman–Crippen MR) is 80.0 cm³/mol. The zero-order valence-corrected chi connectivity index (χ0v) is 12.4. The fraction of sp³-hybridized carbons (Fsp3) is 0.0909. The Bertz CT molecular complexity index is 913. The molecule has 3 N–H and O–H groups in total. The molecule has 3 heterocycles. The third-order valence-corrected chi connectivity index (χ3v) is 4.05. The first-order valence-electron chi connectivity index (χ1n) is 5.53. The number of anilines is 1. The zero-order chi connectivity index (χ0) is 14.3. The molecule has 20 heavy (non-hydrogen) atoms. The number of hydrogen-bond donors (Lipinski definition) is 2. The highest BCUT2D eigenvalue weighted by Crippen LogP contribution is 2.22. The summed E-state index contributed by atoms with van der Waals surface area (Å²) in [7, 11) is 0. The second-order valence-corrected chi connectivity index (χ2v) is 5.78. The molecular weight excluding hydrogens is 346 g/mol. The highest BCUT2D eigenvalue weighted by molar-refractivity contribution is 9.10. The lowest BCUT2D eigenvalue weighted by atomic mass is 10.4. The molecule has 0 aliphatic heterocycles. The first-order valence-corrected chi connectivity index (χ1v) is 7.21. The molecule has 0 amide bonds. The van der Waals surface area contributed by atoms with Gasteiger partial charge in [-0.25, -0.2) is 14.8 Å². The monoisotopic (exact) mass is 353 g/mol. The average molecular weight is 354 g/mol. The molecule has 3 rings (SSSR count). The fourth-order valence-corrected chi connectivity index (χ4v) is 2.88. The molecular formula is C11H8BrN5O2S. The van der Waals surface area contributed by atoms with Crippen LogP contribution in [-0.4, -0.2) is 19.5 Å². The van der Waals surface area contributed by atoms with Crippen LogP contribution in [0.4, 0.5) is 5.82 Å². The molecule has 0 fully saturated rings. The van der Waals surface area contributed by atoms with Crippen molar-refractivity contribution in [3.63, 3.8) is 0 Å². The smallest absolute Gasteiger partial charge is 0.328 e. The Balaban J connectivity index is 2.07. The number of halogens is 1. The molecule has 9 heteroatoms. The van der Waals surface area contributed by atoms with Gasteiger partial charge in [0.2, 0.25) is 0 Å². The Morgan fingerprint density at radius 3 is 3.00 bits per heavy atom. The van der Waals surface area contributed by atoms with Gasteiger partial charge in [-0.3, -0.25) is 14.3 Å². The van der Waals surface area contributed by atoms with E-state index in [9.17, 15) is 9.59 Å². The van der Waals surface area contributed by atoms with Crippen molar-refractivity contribution in [1.82, 2.24) is 19.5 Å². The number of aromatic amines is 1. The molecule has 0 aliphatic carbocycles. The average Bonchev–Trinajstić information content (AvgIpc) is 2.85. The summed E-state index contributed by atoms with van der Waals surface area (Å²) in [6, 6.07) is 1.85. The second kappa shape index (κ2) is 4.84. The van der Waals surface area contributed by atoms with Gasteiger partial charge < -0.3 is 5.73 Å². The van der Waals surface area contributed by atoms with Crippen LogP contribution in [0.1, 0.15) is 5.82 Å². The number of rotatable bonds is 2. The molecule has 0 aromatic carbocycles. The molecule has 3 aromatic rings. The van der Waals surface area contributed by atoms with Crippen LogP contribution in [-0.2, 0) is 6.54 Å². The van der Waals surface area contributed by atoms with E-state index in [4.69, 9.17) is 5.73 Å². The minimum absolute atomic E-state index is 0.131. The highest BCUT2D eigenvalue weighted by atomic mass is 79.9. The van der Waals surface area contributed by atoms with Crippen LogP contribution >= 0.6 is 27.3 Å². The van der Waals surface area contributed by atoms with Gasteiger partial charge in [-0.2, -0.15) is 0 Å². The van der Waals surface area contributed by atoms with E-state index in [0.717, 1.165) is 10.2 Å².